The van der Waals surface area contributed by atoms with E-state index in [9.17, 15) is 9.18 Å². The topological polar surface area (TPSA) is 99.0 Å². The average Bonchev–Trinajstić information content (AvgIpc) is 3.23. The maximum absolute atomic E-state index is 13.1. The Morgan fingerprint density at radius 3 is 2.48 bits per heavy atom. The van der Waals surface area contributed by atoms with E-state index in [0.717, 1.165) is 11.4 Å². The highest BCUT2D eigenvalue weighted by Gasteiger charge is 2.27. The van der Waals surface area contributed by atoms with Crippen molar-refractivity contribution in [2.45, 2.75) is 13.8 Å². The molecule has 0 saturated carbocycles. The van der Waals surface area contributed by atoms with Gasteiger partial charge in [0, 0.05) is 11.3 Å². The van der Waals surface area contributed by atoms with Gasteiger partial charge in [-0.3, -0.25) is 4.79 Å². The average molecular weight is 391 g/mol. The molecule has 0 atom stereocenters. The zero-order chi connectivity index (χ0) is 20.5. The van der Waals surface area contributed by atoms with E-state index in [1.54, 1.807) is 4.68 Å². The lowest BCUT2D eigenvalue weighted by atomic mass is 10.0. The second-order valence-electron chi connectivity index (χ2n) is 6.52. The van der Waals surface area contributed by atoms with Crippen molar-refractivity contribution in [1.82, 2.24) is 14.9 Å². The molecule has 7 nitrogen and oxygen atoms in total. The quantitative estimate of drug-likeness (QED) is 0.545. The van der Waals surface area contributed by atoms with Gasteiger partial charge in [0.2, 0.25) is 5.88 Å². The summed E-state index contributed by atoms with van der Waals surface area (Å²) in [5.74, 6) is -1.00. The van der Waals surface area contributed by atoms with E-state index < -0.39 is 11.7 Å². The molecule has 2 aromatic heterocycles. The van der Waals surface area contributed by atoms with Gasteiger partial charge in [0.25, 0.3) is 5.91 Å². The third-order valence-corrected chi connectivity index (χ3v) is 4.58. The number of para-hydroxylation sites is 1. The van der Waals surface area contributed by atoms with Crippen molar-refractivity contribution in [2.75, 3.05) is 11.1 Å². The SMILES string of the molecule is Cc1nn(-c2ccccc2)c(C)c1-c1noc(N)c1C(=O)Nc1ccc(F)cc1. The highest BCUT2D eigenvalue weighted by molar-refractivity contribution is 6.11. The minimum atomic E-state index is -0.503. The molecule has 0 aliphatic carbocycles. The number of rotatable bonds is 4. The summed E-state index contributed by atoms with van der Waals surface area (Å²) in [4.78, 5) is 12.9. The molecule has 146 valence electrons. The second-order valence-corrected chi connectivity index (χ2v) is 6.52. The Labute approximate surface area is 165 Å². The fourth-order valence-corrected chi connectivity index (χ4v) is 3.23. The molecule has 3 N–H and O–H groups in total. The number of anilines is 2. The van der Waals surface area contributed by atoms with Gasteiger partial charge in [0.15, 0.2) is 0 Å². The molecule has 2 aromatic carbocycles. The van der Waals surface area contributed by atoms with Crippen molar-refractivity contribution in [3.63, 3.8) is 0 Å². The van der Waals surface area contributed by atoms with Gasteiger partial charge in [-0.05, 0) is 50.2 Å². The molecule has 0 aliphatic heterocycles. The first-order valence-electron chi connectivity index (χ1n) is 8.89. The number of carbonyl (C=O) groups is 1. The lowest BCUT2D eigenvalue weighted by Gasteiger charge is -2.07. The number of aryl methyl sites for hydroxylation is 1. The largest absolute Gasteiger partial charge is 0.367 e. The monoisotopic (exact) mass is 391 g/mol. The summed E-state index contributed by atoms with van der Waals surface area (Å²) in [6.45, 7) is 3.71. The Morgan fingerprint density at radius 2 is 1.79 bits per heavy atom. The number of amides is 1. The normalized spacial score (nSPS) is 10.9. The molecule has 2 heterocycles. The van der Waals surface area contributed by atoms with Crippen molar-refractivity contribution >= 4 is 17.5 Å². The minimum absolute atomic E-state index is 0.105. The zero-order valence-electron chi connectivity index (χ0n) is 15.8. The molecule has 8 heteroatoms. The number of nitrogens with zero attached hydrogens (tertiary/aromatic N) is 3. The Kier molecular flexibility index (Phi) is 4.59. The third kappa shape index (κ3) is 3.36. The van der Waals surface area contributed by atoms with Crippen LogP contribution in [-0.2, 0) is 0 Å². The molecule has 0 radical (unpaired) electrons. The van der Waals surface area contributed by atoms with Gasteiger partial charge in [-0.25, -0.2) is 9.07 Å². The van der Waals surface area contributed by atoms with Crippen LogP contribution in [0.2, 0.25) is 0 Å². The van der Waals surface area contributed by atoms with E-state index >= 15 is 0 Å². The summed E-state index contributed by atoms with van der Waals surface area (Å²) < 4.78 is 20.0. The smallest absolute Gasteiger partial charge is 0.263 e. The second kappa shape index (κ2) is 7.23. The molecular formula is C21H18FN5O2. The standard InChI is InChI=1S/C21H18FN5O2/c1-12-17(13(2)27(25-12)16-6-4-3-5-7-16)19-18(20(23)29-26-19)21(28)24-15-10-8-14(22)9-11-15/h3-11H,23H2,1-2H3,(H,24,28). The number of nitrogen functional groups attached to an aromatic ring is 1. The number of nitrogens with two attached hydrogens (primary N) is 1. The van der Waals surface area contributed by atoms with E-state index in [1.165, 1.54) is 24.3 Å². The fraction of sp³-hybridized carbons (Fsp3) is 0.0952. The van der Waals surface area contributed by atoms with Crippen LogP contribution in [0.5, 0.6) is 0 Å². The Morgan fingerprint density at radius 1 is 1.10 bits per heavy atom. The first-order valence-corrected chi connectivity index (χ1v) is 8.89. The summed E-state index contributed by atoms with van der Waals surface area (Å²) in [5, 5.41) is 11.3. The molecule has 0 aliphatic rings. The maximum atomic E-state index is 13.1. The summed E-state index contributed by atoms with van der Waals surface area (Å²) in [6.07, 6.45) is 0. The van der Waals surface area contributed by atoms with Gasteiger partial charge in [0.1, 0.15) is 17.1 Å². The Balaban J connectivity index is 1.75. The highest BCUT2D eigenvalue weighted by atomic mass is 19.1. The number of benzene rings is 2. The summed E-state index contributed by atoms with van der Waals surface area (Å²) >= 11 is 0. The van der Waals surface area contributed by atoms with Gasteiger partial charge >= 0.3 is 0 Å². The number of hydrogen-bond acceptors (Lipinski definition) is 5. The molecule has 0 saturated heterocycles. The predicted octanol–water partition coefficient (Wildman–Crippen LogP) is 4.12. The van der Waals surface area contributed by atoms with Crippen LogP contribution in [0.25, 0.3) is 16.9 Å². The number of carbonyl (C=O) groups excluding carboxylic acids is 1. The van der Waals surface area contributed by atoms with Crippen LogP contribution in [0.3, 0.4) is 0 Å². The zero-order valence-corrected chi connectivity index (χ0v) is 15.8. The van der Waals surface area contributed by atoms with E-state index in [1.807, 2.05) is 44.2 Å². The molecule has 0 bridgehead atoms. The van der Waals surface area contributed by atoms with Gasteiger partial charge < -0.3 is 15.6 Å². The molecule has 0 fully saturated rings. The van der Waals surface area contributed by atoms with Crippen molar-refractivity contribution in [3.8, 4) is 16.9 Å². The molecule has 29 heavy (non-hydrogen) atoms. The lowest BCUT2D eigenvalue weighted by molar-refractivity contribution is 0.102. The summed E-state index contributed by atoms with van der Waals surface area (Å²) in [6, 6.07) is 15.1. The van der Waals surface area contributed by atoms with Crippen LogP contribution in [-0.4, -0.2) is 20.8 Å². The van der Waals surface area contributed by atoms with E-state index in [-0.39, 0.29) is 11.4 Å². The van der Waals surface area contributed by atoms with Gasteiger partial charge in [0.05, 0.1) is 17.1 Å². The van der Waals surface area contributed by atoms with Crippen molar-refractivity contribution < 1.29 is 13.7 Å². The highest BCUT2D eigenvalue weighted by Crippen LogP contribution is 2.33. The molecule has 1 amide bonds. The molecular weight excluding hydrogens is 373 g/mol. The van der Waals surface area contributed by atoms with Crippen LogP contribution in [0.1, 0.15) is 21.7 Å². The number of aromatic nitrogens is 3. The minimum Gasteiger partial charge on any atom is -0.367 e. The Bertz CT molecular complexity index is 1180. The van der Waals surface area contributed by atoms with Crippen molar-refractivity contribution in [3.05, 3.63) is 77.4 Å². The molecule has 0 unspecified atom stereocenters. The lowest BCUT2D eigenvalue weighted by Crippen LogP contribution is -2.14. The molecule has 4 aromatic rings. The molecule has 4 rings (SSSR count). The number of halogens is 1. The fourth-order valence-electron chi connectivity index (χ4n) is 3.23. The first kappa shape index (κ1) is 18.4. The van der Waals surface area contributed by atoms with Gasteiger partial charge in [-0.1, -0.05) is 23.4 Å². The van der Waals surface area contributed by atoms with Crippen LogP contribution >= 0.6 is 0 Å². The van der Waals surface area contributed by atoms with E-state index in [4.69, 9.17) is 10.3 Å². The van der Waals surface area contributed by atoms with Crippen LogP contribution in [0.15, 0.2) is 59.1 Å². The van der Waals surface area contributed by atoms with Crippen LogP contribution < -0.4 is 11.1 Å². The summed E-state index contributed by atoms with van der Waals surface area (Å²) in [7, 11) is 0. The first-order chi connectivity index (χ1) is 14.0. The third-order valence-electron chi connectivity index (χ3n) is 4.58. The van der Waals surface area contributed by atoms with Crippen molar-refractivity contribution in [2.24, 2.45) is 0 Å². The number of hydrogen-bond donors (Lipinski definition) is 2. The van der Waals surface area contributed by atoms with Gasteiger partial charge in [-0.2, -0.15) is 5.10 Å². The van der Waals surface area contributed by atoms with Crippen molar-refractivity contribution in [1.29, 1.82) is 0 Å². The predicted molar refractivity (Wildman–Crippen MR) is 107 cm³/mol. The molecule has 0 spiro atoms. The van der Waals surface area contributed by atoms with Gasteiger partial charge in [-0.15, -0.1) is 0 Å². The van der Waals surface area contributed by atoms with E-state index in [0.29, 0.717) is 22.6 Å². The van der Waals surface area contributed by atoms with E-state index in [2.05, 4.69) is 15.6 Å². The maximum Gasteiger partial charge on any atom is 0.263 e. The number of nitrogens with one attached hydrogen (secondary N) is 1. The van der Waals surface area contributed by atoms with Crippen LogP contribution in [0.4, 0.5) is 16.0 Å². The summed E-state index contributed by atoms with van der Waals surface area (Å²) in [5.41, 5.74) is 9.75. The van der Waals surface area contributed by atoms with Crippen LogP contribution in [0, 0.1) is 19.7 Å². The Hall–Kier alpha value is -3.94.